The van der Waals surface area contributed by atoms with Crippen molar-refractivity contribution in [2.24, 2.45) is 0 Å². The van der Waals surface area contributed by atoms with Crippen molar-refractivity contribution in [1.29, 1.82) is 0 Å². The van der Waals surface area contributed by atoms with E-state index in [0.717, 1.165) is 37.9 Å². The van der Waals surface area contributed by atoms with Gasteiger partial charge in [-0.2, -0.15) is 13.2 Å². The number of hydrogen-bond donors (Lipinski definition) is 1. The van der Waals surface area contributed by atoms with Crippen LogP contribution < -0.4 is 5.32 Å². The highest BCUT2D eigenvalue weighted by Crippen LogP contribution is 2.29. The van der Waals surface area contributed by atoms with Gasteiger partial charge in [-0.25, -0.2) is 9.97 Å². The molecule has 1 saturated carbocycles. The molecular formula is C11H13ClF3N3. The van der Waals surface area contributed by atoms with E-state index >= 15 is 0 Å². The highest BCUT2D eigenvalue weighted by Gasteiger charge is 2.33. The summed E-state index contributed by atoms with van der Waals surface area (Å²) in [6.45, 7) is 0. The Kier molecular flexibility index (Phi) is 3.94. The standard InChI is InChI=1S/C11H13ClF3N3/c12-7-3-1-2-4-8(7)17-10-16-6-5-9(18-10)11(13,14)15/h5-8H,1-4H2,(H,16,17,18). The van der Waals surface area contributed by atoms with Crippen molar-refractivity contribution >= 4 is 17.5 Å². The molecule has 2 atom stereocenters. The third-order valence-electron chi connectivity index (χ3n) is 2.94. The van der Waals surface area contributed by atoms with E-state index in [0.29, 0.717) is 0 Å². The quantitative estimate of drug-likeness (QED) is 0.843. The first-order valence-electron chi connectivity index (χ1n) is 5.77. The fraction of sp³-hybridized carbons (Fsp3) is 0.636. The Morgan fingerprint density at radius 3 is 2.67 bits per heavy atom. The molecule has 0 saturated heterocycles. The van der Waals surface area contributed by atoms with Crippen LogP contribution >= 0.6 is 11.6 Å². The van der Waals surface area contributed by atoms with E-state index in [9.17, 15) is 13.2 Å². The molecule has 1 heterocycles. The Balaban J connectivity index is 2.09. The molecule has 100 valence electrons. The van der Waals surface area contributed by atoms with Crippen molar-refractivity contribution in [3.05, 3.63) is 18.0 Å². The van der Waals surface area contributed by atoms with E-state index in [1.807, 2.05) is 0 Å². The van der Waals surface area contributed by atoms with E-state index in [-0.39, 0.29) is 17.4 Å². The number of rotatable bonds is 2. The maximum Gasteiger partial charge on any atom is 0.433 e. The molecule has 0 spiro atoms. The topological polar surface area (TPSA) is 37.8 Å². The van der Waals surface area contributed by atoms with Crippen LogP contribution in [0.2, 0.25) is 0 Å². The Hall–Kier alpha value is -1.04. The van der Waals surface area contributed by atoms with Crippen molar-refractivity contribution in [3.8, 4) is 0 Å². The second kappa shape index (κ2) is 5.30. The number of aromatic nitrogens is 2. The van der Waals surface area contributed by atoms with Gasteiger partial charge in [-0.1, -0.05) is 12.8 Å². The Morgan fingerprint density at radius 2 is 2.00 bits per heavy atom. The fourth-order valence-corrected chi connectivity index (χ4v) is 2.34. The first-order valence-corrected chi connectivity index (χ1v) is 6.21. The highest BCUT2D eigenvalue weighted by molar-refractivity contribution is 6.21. The molecule has 1 aliphatic rings. The largest absolute Gasteiger partial charge is 0.433 e. The van der Waals surface area contributed by atoms with Crippen LogP contribution in [-0.2, 0) is 6.18 Å². The summed E-state index contributed by atoms with van der Waals surface area (Å²) in [4.78, 5) is 7.27. The minimum Gasteiger partial charge on any atom is -0.350 e. The summed E-state index contributed by atoms with van der Waals surface area (Å²) >= 11 is 6.12. The zero-order chi connectivity index (χ0) is 13.2. The number of halogens is 4. The van der Waals surface area contributed by atoms with Gasteiger partial charge in [0.1, 0.15) is 5.69 Å². The van der Waals surface area contributed by atoms with Gasteiger partial charge in [-0.3, -0.25) is 0 Å². The summed E-state index contributed by atoms with van der Waals surface area (Å²) in [5.74, 6) is -0.0117. The normalized spacial score (nSPS) is 24.9. The lowest BCUT2D eigenvalue weighted by Gasteiger charge is -2.27. The predicted octanol–water partition coefficient (Wildman–Crippen LogP) is 3.46. The van der Waals surface area contributed by atoms with Gasteiger partial charge >= 0.3 is 6.18 Å². The number of nitrogens with zero attached hydrogens (tertiary/aromatic N) is 2. The first-order chi connectivity index (χ1) is 8.47. The average Bonchev–Trinajstić information content (AvgIpc) is 2.31. The van der Waals surface area contributed by atoms with Crippen LogP contribution in [0.25, 0.3) is 0 Å². The number of hydrogen-bond acceptors (Lipinski definition) is 3. The summed E-state index contributed by atoms with van der Waals surface area (Å²) in [7, 11) is 0. The number of alkyl halides is 4. The second-order valence-electron chi connectivity index (χ2n) is 4.31. The van der Waals surface area contributed by atoms with Crippen LogP contribution in [0, 0.1) is 0 Å². The van der Waals surface area contributed by atoms with Gasteiger partial charge in [0.05, 0.1) is 5.38 Å². The third-order valence-corrected chi connectivity index (χ3v) is 3.46. The Morgan fingerprint density at radius 1 is 1.28 bits per heavy atom. The summed E-state index contributed by atoms with van der Waals surface area (Å²) in [6.07, 6.45) is 0.401. The van der Waals surface area contributed by atoms with Crippen molar-refractivity contribution in [1.82, 2.24) is 9.97 Å². The van der Waals surface area contributed by atoms with Gasteiger partial charge in [0.2, 0.25) is 5.95 Å². The van der Waals surface area contributed by atoms with Gasteiger partial charge in [0.25, 0.3) is 0 Å². The average molecular weight is 280 g/mol. The van der Waals surface area contributed by atoms with E-state index < -0.39 is 11.9 Å². The Labute approximate surface area is 108 Å². The smallest absolute Gasteiger partial charge is 0.350 e. The van der Waals surface area contributed by atoms with Crippen molar-refractivity contribution in [2.45, 2.75) is 43.3 Å². The molecule has 7 heteroatoms. The minimum atomic E-state index is -4.45. The van der Waals surface area contributed by atoms with Gasteiger partial charge < -0.3 is 5.32 Å². The van der Waals surface area contributed by atoms with Crippen molar-refractivity contribution in [3.63, 3.8) is 0 Å². The summed E-state index contributed by atoms with van der Waals surface area (Å²) < 4.78 is 37.4. The second-order valence-corrected chi connectivity index (χ2v) is 4.88. The molecule has 2 rings (SSSR count). The monoisotopic (exact) mass is 279 g/mol. The summed E-state index contributed by atoms with van der Waals surface area (Å²) in [5, 5.41) is 2.80. The Bertz CT molecular complexity index is 411. The minimum absolute atomic E-state index is 0.0117. The molecule has 1 N–H and O–H groups in total. The van der Waals surface area contributed by atoms with Crippen LogP contribution in [-0.4, -0.2) is 21.4 Å². The van der Waals surface area contributed by atoms with Crippen LogP contribution in [0.1, 0.15) is 31.4 Å². The SMILES string of the molecule is FC(F)(F)c1ccnc(NC2CCCCC2Cl)n1. The molecule has 0 bridgehead atoms. The van der Waals surface area contributed by atoms with E-state index in [4.69, 9.17) is 11.6 Å². The molecule has 1 aliphatic carbocycles. The lowest BCUT2D eigenvalue weighted by Crippen LogP contribution is -2.33. The maximum absolute atomic E-state index is 12.5. The lowest BCUT2D eigenvalue weighted by molar-refractivity contribution is -0.141. The number of anilines is 1. The molecule has 0 aliphatic heterocycles. The molecule has 0 aromatic carbocycles. The first kappa shape index (κ1) is 13.4. The predicted molar refractivity (Wildman–Crippen MR) is 62.6 cm³/mol. The molecule has 1 aromatic heterocycles. The molecule has 1 aromatic rings. The zero-order valence-electron chi connectivity index (χ0n) is 9.54. The van der Waals surface area contributed by atoms with Gasteiger partial charge in [-0.05, 0) is 18.9 Å². The van der Waals surface area contributed by atoms with Crippen LogP contribution in [0.4, 0.5) is 19.1 Å². The van der Waals surface area contributed by atoms with E-state index in [1.54, 1.807) is 0 Å². The van der Waals surface area contributed by atoms with Gasteiger partial charge in [-0.15, -0.1) is 11.6 Å². The van der Waals surface area contributed by atoms with Crippen LogP contribution in [0.15, 0.2) is 12.3 Å². The summed E-state index contributed by atoms with van der Waals surface area (Å²) in [5.41, 5.74) is -0.943. The fourth-order valence-electron chi connectivity index (χ4n) is 2.00. The molecule has 2 unspecified atom stereocenters. The third kappa shape index (κ3) is 3.25. The zero-order valence-corrected chi connectivity index (χ0v) is 10.3. The van der Waals surface area contributed by atoms with Gasteiger partial charge in [0, 0.05) is 12.2 Å². The highest BCUT2D eigenvalue weighted by atomic mass is 35.5. The molecule has 3 nitrogen and oxygen atoms in total. The molecule has 0 radical (unpaired) electrons. The molecule has 1 fully saturated rings. The van der Waals surface area contributed by atoms with Crippen LogP contribution in [0.5, 0.6) is 0 Å². The lowest BCUT2D eigenvalue weighted by atomic mass is 9.95. The molecule has 0 amide bonds. The van der Waals surface area contributed by atoms with Crippen molar-refractivity contribution < 1.29 is 13.2 Å². The summed E-state index contributed by atoms with van der Waals surface area (Å²) in [6, 6.07) is 0.786. The maximum atomic E-state index is 12.5. The van der Waals surface area contributed by atoms with E-state index in [1.165, 1.54) is 0 Å². The molecular weight excluding hydrogens is 267 g/mol. The molecule has 18 heavy (non-hydrogen) atoms. The van der Waals surface area contributed by atoms with Gasteiger partial charge in [0.15, 0.2) is 0 Å². The van der Waals surface area contributed by atoms with Crippen molar-refractivity contribution in [2.75, 3.05) is 5.32 Å². The van der Waals surface area contributed by atoms with E-state index in [2.05, 4.69) is 15.3 Å². The number of nitrogens with one attached hydrogen (secondary N) is 1. The van der Waals surface area contributed by atoms with Crippen LogP contribution in [0.3, 0.4) is 0 Å².